The Bertz CT molecular complexity index is 369. The van der Waals surface area contributed by atoms with Crippen molar-refractivity contribution in [2.24, 2.45) is 0 Å². The molecule has 1 aliphatic heterocycles. The van der Waals surface area contributed by atoms with Gasteiger partial charge in [-0.3, -0.25) is 14.4 Å². The van der Waals surface area contributed by atoms with Gasteiger partial charge in [-0.25, -0.2) is 0 Å². The molecule has 1 heterocycles. The van der Waals surface area contributed by atoms with Crippen LogP contribution in [0.3, 0.4) is 0 Å². The number of rotatable bonds is 3. The molecule has 0 aromatic heterocycles. The smallest absolute Gasteiger partial charge is 0.303 e. The Balaban J connectivity index is 3.01. The number of esters is 3. The van der Waals surface area contributed by atoms with Crippen LogP contribution in [-0.2, 0) is 33.3 Å². The summed E-state index contributed by atoms with van der Waals surface area (Å²) in [4.78, 5) is 33.5. The highest BCUT2D eigenvalue weighted by Gasteiger charge is 2.49. The molecule has 0 saturated carbocycles. The molecule has 1 aliphatic rings. The van der Waals surface area contributed by atoms with Crippen molar-refractivity contribution >= 4 is 33.8 Å². The zero-order valence-corrected chi connectivity index (χ0v) is 13.2. The Hall–Kier alpha value is -1.15. The maximum Gasteiger partial charge on any atom is 0.303 e. The number of ether oxygens (including phenoxy) is 4. The van der Waals surface area contributed by atoms with Crippen LogP contribution < -0.4 is 0 Å². The highest BCUT2D eigenvalue weighted by atomic mass is 79.9. The summed E-state index contributed by atoms with van der Waals surface area (Å²) in [6, 6.07) is 0. The number of carbonyl (C=O) groups excluding carboxylic acids is 3. The molecule has 5 atom stereocenters. The van der Waals surface area contributed by atoms with E-state index in [9.17, 15) is 14.4 Å². The van der Waals surface area contributed by atoms with Crippen LogP contribution >= 0.6 is 15.9 Å². The maximum atomic E-state index is 11.2. The van der Waals surface area contributed by atoms with Gasteiger partial charge < -0.3 is 18.9 Å². The molecular formula is C12H17BrO7. The van der Waals surface area contributed by atoms with E-state index in [0.29, 0.717) is 0 Å². The van der Waals surface area contributed by atoms with Crippen molar-refractivity contribution in [3.05, 3.63) is 0 Å². The molecule has 1 rings (SSSR count). The normalized spacial score (nSPS) is 33.1. The molecule has 0 bridgehead atoms. The molecular weight excluding hydrogens is 336 g/mol. The molecule has 114 valence electrons. The second-order valence-electron chi connectivity index (χ2n) is 4.41. The second-order valence-corrected chi connectivity index (χ2v) is 5.32. The Labute approximate surface area is 125 Å². The number of hydrogen-bond donors (Lipinski definition) is 0. The maximum absolute atomic E-state index is 11.2. The molecule has 0 spiro atoms. The SMILES string of the molecule is CC(=O)OC1[C@@H](OC(C)=O)C(C)O[C@@H](Br)[C@@H]1OC(C)=O. The first-order valence-electron chi connectivity index (χ1n) is 6.03. The fourth-order valence-corrected chi connectivity index (χ4v) is 2.70. The Morgan fingerprint density at radius 3 is 1.70 bits per heavy atom. The zero-order valence-electron chi connectivity index (χ0n) is 11.6. The van der Waals surface area contributed by atoms with Gasteiger partial charge >= 0.3 is 17.9 Å². The lowest BCUT2D eigenvalue weighted by Gasteiger charge is -2.41. The summed E-state index contributed by atoms with van der Waals surface area (Å²) in [5, 5.41) is -0.669. The van der Waals surface area contributed by atoms with Gasteiger partial charge in [0, 0.05) is 20.8 Å². The Morgan fingerprint density at radius 1 is 0.850 bits per heavy atom. The van der Waals surface area contributed by atoms with Crippen LogP contribution in [-0.4, -0.2) is 47.3 Å². The predicted octanol–water partition coefficient (Wildman–Crippen LogP) is 0.921. The molecule has 1 saturated heterocycles. The molecule has 0 amide bonds. The average Bonchev–Trinajstić information content (AvgIpc) is 2.27. The fraction of sp³-hybridized carbons (Fsp3) is 0.750. The molecule has 20 heavy (non-hydrogen) atoms. The minimum Gasteiger partial charge on any atom is -0.456 e. The molecule has 2 unspecified atom stereocenters. The van der Waals surface area contributed by atoms with Gasteiger partial charge in [0.25, 0.3) is 0 Å². The first-order chi connectivity index (χ1) is 9.22. The molecule has 7 nitrogen and oxygen atoms in total. The van der Waals surface area contributed by atoms with Crippen LogP contribution in [0.4, 0.5) is 0 Å². The van der Waals surface area contributed by atoms with Gasteiger partial charge in [0.15, 0.2) is 23.3 Å². The van der Waals surface area contributed by atoms with E-state index in [2.05, 4.69) is 15.9 Å². The van der Waals surface area contributed by atoms with Crippen molar-refractivity contribution < 1.29 is 33.3 Å². The van der Waals surface area contributed by atoms with E-state index in [1.165, 1.54) is 20.8 Å². The molecule has 1 fully saturated rings. The fourth-order valence-electron chi connectivity index (χ4n) is 1.96. The lowest BCUT2D eigenvalue weighted by molar-refractivity contribution is -0.227. The average molecular weight is 353 g/mol. The topological polar surface area (TPSA) is 88.1 Å². The van der Waals surface area contributed by atoms with Crippen molar-refractivity contribution in [2.45, 2.75) is 57.1 Å². The van der Waals surface area contributed by atoms with Crippen molar-refractivity contribution in [1.29, 1.82) is 0 Å². The molecule has 8 heteroatoms. The van der Waals surface area contributed by atoms with Crippen LogP contribution in [0.15, 0.2) is 0 Å². The lowest BCUT2D eigenvalue weighted by atomic mass is 10.00. The van der Waals surface area contributed by atoms with Crippen LogP contribution in [0.25, 0.3) is 0 Å². The highest BCUT2D eigenvalue weighted by molar-refractivity contribution is 9.09. The Morgan fingerprint density at radius 2 is 1.25 bits per heavy atom. The largest absolute Gasteiger partial charge is 0.456 e. The molecule has 0 aromatic rings. The van der Waals surface area contributed by atoms with E-state index in [-0.39, 0.29) is 0 Å². The summed E-state index contributed by atoms with van der Waals surface area (Å²) in [5.74, 6) is -1.67. The standard InChI is InChI=1S/C12H17BrO7/c1-5-9(18-6(2)14)10(19-7(3)15)11(12(13)17-5)20-8(4)16/h5,9-12H,1-4H3/t5?,9-,10?,11+,12+/m0/s1. The van der Waals surface area contributed by atoms with Gasteiger partial charge in [0.05, 0.1) is 6.10 Å². The minimum atomic E-state index is -0.937. The first-order valence-corrected chi connectivity index (χ1v) is 6.95. The van der Waals surface area contributed by atoms with E-state index in [1.54, 1.807) is 6.92 Å². The summed E-state index contributed by atoms with van der Waals surface area (Å²) in [6.07, 6.45) is -3.22. The van der Waals surface area contributed by atoms with E-state index in [4.69, 9.17) is 18.9 Å². The second kappa shape index (κ2) is 7.03. The molecule has 0 aliphatic carbocycles. The monoisotopic (exact) mass is 352 g/mol. The summed E-state index contributed by atoms with van der Waals surface area (Å²) >= 11 is 3.22. The van der Waals surface area contributed by atoms with Gasteiger partial charge in [0.1, 0.15) is 0 Å². The third-order valence-electron chi connectivity index (χ3n) is 2.62. The highest BCUT2D eigenvalue weighted by Crippen LogP contribution is 2.31. The van der Waals surface area contributed by atoms with Crippen molar-refractivity contribution in [3.63, 3.8) is 0 Å². The van der Waals surface area contributed by atoms with Gasteiger partial charge in [-0.05, 0) is 6.92 Å². The van der Waals surface area contributed by atoms with Crippen LogP contribution in [0.1, 0.15) is 27.7 Å². The molecule has 0 aromatic carbocycles. The van der Waals surface area contributed by atoms with Gasteiger partial charge in [-0.1, -0.05) is 15.9 Å². The lowest BCUT2D eigenvalue weighted by Crippen LogP contribution is -2.59. The summed E-state index contributed by atoms with van der Waals surface area (Å²) < 4.78 is 20.9. The number of alkyl halides is 1. The summed E-state index contributed by atoms with van der Waals surface area (Å²) in [6.45, 7) is 5.35. The van der Waals surface area contributed by atoms with Gasteiger partial charge in [0.2, 0.25) is 0 Å². The van der Waals surface area contributed by atoms with Crippen LogP contribution in [0, 0.1) is 0 Å². The third kappa shape index (κ3) is 4.45. The van der Waals surface area contributed by atoms with Crippen molar-refractivity contribution in [1.82, 2.24) is 0 Å². The molecule has 0 N–H and O–H groups in total. The minimum absolute atomic E-state index is 0.528. The number of carbonyl (C=O) groups is 3. The first kappa shape index (κ1) is 16.9. The van der Waals surface area contributed by atoms with Crippen LogP contribution in [0.5, 0.6) is 0 Å². The van der Waals surface area contributed by atoms with E-state index < -0.39 is 47.3 Å². The quantitative estimate of drug-likeness (QED) is 0.424. The van der Waals surface area contributed by atoms with Gasteiger partial charge in [-0.2, -0.15) is 0 Å². The predicted molar refractivity (Wildman–Crippen MR) is 69.9 cm³/mol. The zero-order chi connectivity index (χ0) is 15.4. The van der Waals surface area contributed by atoms with Crippen molar-refractivity contribution in [3.8, 4) is 0 Å². The molecule has 0 radical (unpaired) electrons. The van der Waals surface area contributed by atoms with E-state index in [0.717, 1.165) is 0 Å². The summed E-state index contributed by atoms with van der Waals surface area (Å²) in [5.41, 5.74) is 0. The van der Waals surface area contributed by atoms with Crippen LogP contribution in [0.2, 0.25) is 0 Å². The van der Waals surface area contributed by atoms with E-state index in [1.807, 2.05) is 0 Å². The van der Waals surface area contributed by atoms with E-state index >= 15 is 0 Å². The van der Waals surface area contributed by atoms with Gasteiger partial charge in [-0.15, -0.1) is 0 Å². The third-order valence-corrected chi connectivity index (χ3v) is 3.36. The number of halogens is 1. The number of hydrogen-bond acceptors (Lipinski definition) is 7. The summed E-state index contributed by atoms with van der Waals surface area (Å²) in [7, 11) is 0. The van der Waals surface area contributed by atoms with Crippen molar-refractivity contribution in [2.75, 3.05) is 0 Å². The Kier molecular flexibility index (Phi) is 5.94.